The lowest BCUT2D eigenvalue weighted by Gasteiger charge is -2.37. The maximum absolute atomic E-state index is 14.6. The number of aliphatic hydroxyl groups excluding tert-OH is 1. The van der Waals surface area contributed by atoms with Crippen LogP contribution < -0.4 is 4.90 Å². The number of carbonyl (C=O) groups is 2. The summed E-state index contributed by atoms with van der Waals surface area (Å²) in [5.41, 5.74) is 1.60. The normalized spacial score (nSPS) is 26.2. The van der Waals surface area contributed by atoms with Crippen molar-refractivity contribution in [1.82, 2.24) is 4.90 Å². The second kappa shape index (κ2) is 11.2. The van der Waals surface area contributed by atoms with Gasteiger partial charge in [0.15, 0.2) is 13.9 Å². The highest BCUT2D eigenvalue weighted by molar-refractivity contribution is 6.71. The van der Waals surface area contributed by atoms with E-state index in [1.54, 1.807) is 29.0 Å². The van der Waals surface area contributed by atoms with Gasteiger partial charge in [-0.1, -0.05) is 61.5 Å². The van der Waals surface area contributed by atoms with Gasteiger partial charge in [-0.25, -0.2) is 0 Å². The number of aliphatic hydroxyl groups is 1. The molecule has 44 heavy (non-hydrogen) atoms. The summed E-state index contributed by atoms with van der Waals surface area (Å²) in [6.07, 6.45) is -0.381. The van der Waals surface area contributed by atoms with Crippen LogP contribution in [0.3, 0.4) is 0 Å². The fourth-order valence-electron chi connectivity index (χ4n) is 7.63. The van der Waals surface area contributed by atoms with Crippen molar-refractivity contribution < 1.29 is 29.2 Å². The van der Waals surface area contributed by atoms with E-state index in [1.165, 1.54) is 12.1 Å². The van der Waals surface area contributed by atoms with Gasteiger partial charge >= 0.3 is 0 Å². The number of hydrogen-bond acceptors (Lipinski definition) is 7. The zero-order chi connectivity index (χ0) is 31.4. The molecule has 6 rings (SSSR count). The molecule has 3 aromatic rings. The van der Waals surface area contributed by atoms with Crippen LogP contribution in [0.1, 0.15) is 35.6 Å². The highest BCUT2D eigenvalue weighted by Crippen LogP contribution is 2.60. The smallest absolute Gasteiger partial charge is 0.269 e. The summed E-state index contributed by atoms with van der Waals surface area (Å²) >= 11 is 0. The Morgan fingerprint density at radius 1 is 1.09 bits per heavy atom. The zero-order valence-corrected chi connectivity index (χ0v) is 26.1. The van der Waals surface area contributed by atoms with Gasteiger partial charge in [0.1, 0.15) is 0 Å². The number of ether oxygens (including phenoxy) is 1. The number of nitrogens with zero attached hydrogens (tertiary/aromatic N) is 3. The number of benzene rings is 3. The first-order valence-corrected chi connectivity index (χ1v) is 18.0. The Morgan fingerprint density at radius 3 is 2.43 bits per heavy atom. The first-order chi connectivity index (χ1) is 21.0. The Kier molecular flexibility index (Phi) is 7.69. The van der Waals surface area contributed by atoms with E-state index in [1.807, 2.05) is 61.5 Å². The largest absolute Gasteiger partial charge is 0.432 e. The van der Waals surface area contributed by atoms with Gasteiger partial charge in [-0.05, 0) is 42.3 Å². The number of rotatable bonds is 7. The summed E-state index contributed by atoms with van der Waals surface area (Å²) in [6, 6.07) is 21.3. The molecule has 5 atom stereocenters. The molecule has 0 bridgehead atoms. The first-order valence-electron chi connectivity index (χ1n) is 15.0. The fourth-order valence-corrected chi connectivity index (χ4v) is 10.2. The molecule has 1 spiro atoms. The van der Waals surface area contributed by atoms with Crippen molar-refractivity contribution in [1.29, 1.82) is 0 Å². The number of nitro benzene ring substituents is 1. The van der Waals surface area contributed by atoms with E-state index >= 15 is 0 Å². The molecule has 10 nitrogen and oxygen atoms in total. The number of amides is 2. The van der Waals surface area contributed by atoms with Crippen LogP contribution in [-0.2, 0) is 39.4 Å². The lowest BCUT2D eigenvalue weighted by atomic mass is 9.82. The van der Waals surface area contributed by atoms with Crippen molar-refractivity contribution in [3.63, 3.8) is 0 Å². The molecule has 3 aromatic carbocycles. The Balaban J connectivity index is 1.39. The van der Waals surface area contributed by atoms with Gasteiger partial charge in [0.25, 0.3) is 11.6 Å². The Labute approximate surface area is 257 Å². The third-order valence-electron chi connectivity index (χ3n) is 9.62. The van der Waals surface area contributed by atoms with Crippen molar-refractivity contribution in [2.24, 2.45) is 5.92 Å². The van der Waals surface area contributed by atoms with Crippen LogP contribution in [0.5, 0.6) is 0 Å². The highest BCUT2D eigenvalue weighted by atomic mass is 28.4. The van der Waals surface area contributed by atoms with Gasteiger partial charge in [-0.3, -0.25) is 19.7 Å². The van der Waals surface area contributed by atoms with Crippen molar-refractivity contribution in [3.05, 3.63) is 105 Å². The SMILES string of the molecule is C[C@H]1[C@H]([Si](C)(C)O)[C@@H](CC(=O)N2Cc3ccccc3C[C@H]2CO)O[C@]12C(=O)N(Cc1ccccc1)c1ccc([N+](=O)[O-])cc12. The summed E-state index contributed by atoms with van der Waals surface area (Å²) in [6.45, 7) is 5.79. The molecule has 2 N–H and O–H groups in total. The molecule has 2 amide bonds. The third kappa shape index (κ3) is 4.93. The summed E-state index contributed by atoms with van der Waals surface area (Å²) in [5, 5.41) is 22.0. The molecule has 0 saturated carbocycles. The average molecular weight is 616 g/mol. The maximum atomic E-state index is 14.6. The van der Waals surface area contributed by atoms with Gasteiger partial charge in [0.2, 0.25) is 5.91 Å². The van der Waals surface area contributed by atoms with E-state index in [2.05, 4.69) is 0 Å². The van der Waals surface area contributed by atoms with Crippen LogP contribution in [0.15, 0.2) is 72.8 Å². The van der Waals surface area contributed by atoms with E-state index in [0.717, 1.165) is 16.7 Å². The molecule has 0 aromatic heterocycles. The minimum absolute atomic E-state index is 0.0946. The number of carbonyl (C=O) groups excluding carboxylic acids is 2. The van der Waals surface area contributed by atoms with Gasteiger partial charge in [-0.15, -0.1) is 0 Å². The standard InChI is InChI=1S/C33H37N3O7Si/c1-21-31(44(2,3)42)29(17-30(38)34-19-24-12-8-7-11-23(24)15-26(34)20-37)43-33(21)27-16-25(36(40)41)13-14-28(27)35(32(33)39)18-22-9-5-4-6-10-22/h4-14,16,21,26,29,31,37,42H,15,17-20H2,1-3H3/t21-,26-,29+,31-,33+/m0/s1. The molecule has 0 aliphatic carbocycles. The van der Waals surface area contributed by atoms with E-state index in [4.69, 9.17) is 4.74 Å². The van der Waals surface area contributed by atoms with Crippen molar-refractivity contribution in [2.75, 3.05) is 11.5 Å². The average Bonchev–Trinajstić information content (AvgIpc) is 3.42. The van der Waals surface area contributed by atoms with Crippen molar-refractivity contribution >= 4 is 31.5 Å². The molecule has 3 heterocycles. The van der Waals surface area contributed by atoms with E-state index < -0.39 is 42.4 Å². The van der Waals surface area contributed by atoms with Crippen LogP contribution in [-0.4, -0.2) is 58.6 Å². The second-order valence-electron chi connectivity index (χ2n) is 12.7. The van der Waals surface area contributed by atoms with Crippen LogP contribution in [0.25, 0.3) is 0 Å². The number of hydrogen-bond donors (Lipinski definition) is 2. The molecule has 3 aliphatic rings. The molecular formula is C33H37N3O7Si. The minimum Gasteiger partial charge on any atom is -0.432 e. The Bertz CT molecular complexity index is 1610. The topological polar surface area (TPSA) is 133 Å². The van der Waals surface area contributed by atoms with Gasteiger partial charge < -0.3 is 24.4 Å². The van der Waals surface area contributed by atoms with Crippen LogP contribution in [0.4, 0.5) is 11.4 Å². The first kappa shape index (κ1) is 30.1. The maximum Gasteiger partial charge on any atom is 0.269 e. The van der Waals surface area contributed by atoms with Crippen molar-refractivity contribution in [3.8, 4) is 0 Å². The Morgan fingerprint density at radius 2 is 1.77 bits per heavy atom. The van der Waals surface area contributed by atoms with Gasteiger partial charge in [-0.2, -0.15) is 0 Å². The summed E-state index contributed by atoms with van der Waals surface area (Å²) in [7, 11) is -3.08. The molecule has 1 saturated heterocycles. The number of nitro groups is 1. The number of non-ortho nitro benzene ring substituents is 1. The fraction of sp³-hybridized carbons (Fsp3) is 0.394. The molecule has 230 valence electrons. The van der Waals surface area contributed by atoms with Crippen LogP contribution in [0, 0.1) is 16.0 Å². The van der Waals surface area contributed by atoms with Gasteiger partial charge in [0.05, 0.1) is 42.3 Å². The molecule has 11 heteroatoms. The monoisotopic (exact) mass is 615 g/mol. The van der Waals surface area contributed by atoms with Gasteiger partial charge in [0, 0.05) is 35.7 Å². The quantitative estimate of drug-likeness (QED) is 0.230. The number of anilines is 1. The molecular weight excluding hydrogens is 578 g/mol. The predicted molar refractivity (Wildman–Crippen MR) is 166 cm³/mol. The predicted octanol–water partition coefficient (Wildman–Crippen LogP) is 4.28. The Hall–Kier alpha value is -3.90. The van der Waals surface area contributed by atoms with Crippen LogP contribution >= 0.6 is 0 Å². The summed E-state index contributed by atoms with van der Waals surface area (Å²) < 4.78 is 6.75. The van der Waals surface area contributed by atoms with E-state index in [-0.39, 0.29) is 37.1 Å². The zero-order valence-electron chi connectivity index (χ0n) is 25.1. The summed E-state index contributed by atoms with van der Waals surface area (Å²) in [4.78, 5) is 54.8. The lowest BCUT2D eigenvalue weighted by Crippen LogP contribution is -2.48. The van der Waals surface area contributed by atoms with Crippen molar-refractivity contribution in [2.45, 2.75) is 69.2 Å². The van der Waals surface area contributed by atoms with E-state index in [9.17, 15) is 29.6 Å². The second-order valence-corrected chi connectivity index (χ2v) is 16.7. The minimum atomic E-state index is -3.08. The highest BCUT2D eigenvalue weighted by Gasteiger charge is 2.66. The van der Waals surface area contributed by atoms with E-state index in [0.29, 0.717) is 24.2 Å². The molecule has 1 fully saturated rings. The summed E-state index contributed by atoms with van der Waals surface area (Å²) in [5.74, 6) is -1.17. The molecule has 0 radical (unpaired) electrons. The molecule has 0 unspecified atom stereocenters. The third-order valence-corrected chi connectivity index (χ3v) is 12.1. The molecule has 3 aliphatic heterocycles. The lowest BCUT2D eigenvalue weighted by molar-refractivity contribution is -0.385. The number of fused-ring (bicyclic) bond motifs is 3. The van der Waals surface area contributed by atoms with Crippen LogP contribution in [0.2, 0.25) is 18.6 Å².